The molecule has 1 N–H and O–H groups in total. The summed E-state index contributed by atoms with van der Waals surface area (Å²) in [5, 5.41) is 10.2. The fourth-order valence-electron chi connectivity index (χ4n) is 2.31. The zero-order chi connectivity index (χ0) is 11.1. The first-order valence-corrected chi connectivity index (χ1v) is 6.47. The van der Waals surface area contributed by atoms with Gasteiger partial charge in [0.15, 0.2) is 0 Å². The van der Waals surface area contributed by atoms with Crippen LogP contribution in [-0.4, -0.2) is 16.3 Å². The van der Waals surface area contributed by atoms with E-state index in [0.717, 1.165) is 24.5 Å². The van der Waals surface area contributed by atoms with E-state index in [9.17, 15) is 0 Å². The van der Waals surface area contributed by atoms with Crippen molar-refractivity contribution in [3.63, 3.8) is 0 Å². The molecule has 0 bridgehead atoms. The Labute approximate surface area is 99.1 Å². The lowest BCUT2D eigenvalue weighted by atomic mass is 10.1. The summed E-state index contributed by atoms with van der Waals surface area (Å²) in [6.45, 7) is 5.27. The first-order chi connectivity index (χ1) is 7.75. The Bertz CT molecular complexity index is 512. The fraction of sp³-hybridized carbons (Fsp3) is 0.417. The highest BCUT2D eigenvalue weighted by Gasteiger charge is 2.24. The van der Waals surface area contributed by atoms with Crippen LogP contribution in [-0.2, 0) is 0 Å². The molecule has 2 aromatic heterocycles. The molecular weight excluding hydrogens is 218 g/mol. The molecule has 16 heavy (non-hydrogen) atoms. The number of nitrogens with one attached hydrogen (secondary N) is 1. The Kier molecular flexibility index (Phi) is 2.24. The number of aryl methyl sites for hydroxylation is 2. The highest BCUT2D eigenvalue weighted by molar-refractivity contribution is 7.10. The third-order valence-electron chi connectivity index (χ3n) is 3.08. The van der Waals surface area contributed by atoms with Crippen molar-refractivity contribution < 1.29 is 0 Å². The zero-order valence-corrected chi connectivity index (χ0v) is 10.3. The van der Waals surface area contributed by atoms with Gasteiger partial charge >= 0.3 is 0 Å². The number of aromatic nitrogens is 2. The van der Waals surface area contributed by atoms with Gasteiger partial charge in [-0.2, -0.15) is 5.10 Å². The topological polar surface area (TPSA) is 29.9 Å². The van der Waals surface area contributed by atoms with Gasteiger partial charge in [-0.15, -0.1) is 11.3 Å². The predicted molar refractivity (Wildman–Crippen MR) is 67.3 cm³/mol. The number of thiophene rings is 1. The SMILES string of the molecule is Cc1cc2n(n1)C(c1sccc1C)CCN2. The molecule has 1 unspecified atom stereocenters. The van der Waals surface area contributed by atoms with Crippen LogP contribution >= 0.6 is 11.3 Å². The van der Waals surface area contributed by atoms with Crippen LogP contribution in [0, 0.1) is 13.8 Å². The van der Waals surface area contributed by atoms with Gasteiger partial charge in [0.05, 0.1) is 11.7 Å². The Hall–Kier alpha value is -1.29. The molecule has 0 saturated heterocycles. The van der Waals surface area contributed by atoms with Gasteiger partial charge < -0.3 is 5.32 Å². The number of hydrogen-bond donors (Lipinski definition) is 1. The Morgan fingerprint density at radius 2 is 2.38 bits per heavy atom. The number of nitrogens with zero attached hydrogens (tertiary/aromatic N) is 2. The summed E-state index contributed by atoms with van der Waals surface area (Å²) in [7, 11) is 0. The van der Waals surface area contributed by atoms with Crippen LogP contribution < -0.4 is 5.32 Å². The number of anilines is 1. The summed E-state index contributed by atoms with van der Waals surface area (Å²) < 4.78 is 2.14. The summed E-state index contributed by atoms with van der Waals surface area (Å²) in [6.07, 6.45) is 1.12. The Morgan fingerprint density at radius 3 is 3.12 bits per heavy atom. The first-order valence-electron chi connectivity index (χ1n) is 5.60. The minimum atomic E-state index is 0.421. The van der Waals surface area contributed by atoms with E-state index < -0.39 is 0 Å². The van der Waals surface area contributed by atoms with Crippen LogP contribution in [0.3, 0.4) is 0 Å². The van der Waals surface area contributed by atoms with Gasteiger partial charge in [0.2, 0.25) is 0 Å². The maximum absolute atomic E-state index is 4.59. The summed E-state index contributed by atoms with van der Waals surface area (Å²) in [4.78, 5) is 1.45. The zero-order valence-electron chi connectivity index (χ0n) is 9.53. The van der Waals surface area contributed by atoms with Crippen molar-refractivity contribution in [3.8, 4) is 0 Å². The van der Waals surface area contributed by atoms with Gasteiger partial charge in [-0.3, -0.25) is 0 Å². The van der Waals surface area contributed by atoms with E-state index in [2.05, 4.69) is 39.5 Å². The lowest BCUT2D eigenvalue weighted by molar-refractivity contribution is 0.485. The van der Waals surface area contributed by atoms with E-state index in [1.165, 1.54) is 10.4 Å². The van der Waals surface area contributed by atoms with Crippen molar-refractivity contribution in [1.29, 1.82) is 0 Å². The molecule has 84 valence electrons. The molecule has 1 aliphatic heterocycles. The molecule has 0 fully saturated rings. The molecule has 2 aromatic rings. The van der Waals surface area contributed by atoms with E-state index in [-0.39, 0.29) is 0 Å². The molecule has 0 aromatic carbocycles. The molecule has 0 saturated carbocycles. The van der Waals surface area contributed by atoms with Crippen molar-refractivity contribution in [2.45, 2.75) is 26.3 Å². The van der Waals surface area contributed by atoms with Crippen molar-refractivity contribution in [1.82, 2.24) is 9.78 Å². The van der Waals surface area contributed by atoms with Crippen LogP contribution in [0.5, 0.6) is 0 Å². The minimum absolute atomic E-state index is 0.421. The third kappa shape index (κ3) is 1.45. The molecular formula is C12H15N3S. The van der Waals surface area contributed by atoms with Gasteiger partial charge in [0.1, 0.15) is 5.82 Å². The summed E-state index contributed by atoms with van der Waals surface area (Å²) in [6, 6.07) is 4.73. The van der Waals surface area contributed by atoms with Gasteiger partial charge in [0, 0.05) is 17.5 Å². The molecule has 0 spiro atoms. The number of hydrogen-bond acceptors (Lipinski definition) is 3. The second-order valence-electron chi connectivity index (χ2n) is 4.31. The molecule has 1 atom stereocenters. The molecule has 1 aliphatic rings. The smallest absolute Gasteiger partial charge is 0.125 e. The summed E-state index contributed by atoms with van der Waals surface area (Å²) in [5.74, 6) is 1.15. The summed E-state index contributed by atoms with van der Waals surface area (Å²) >= 11 is 1.84. The molecule has 4 heteroatoms. The average molecular weight is 233 g/mol. The number of rotatable bonds is 1. The Balaban J connectivity index is 2.08. The standard InChI is InChI=1S/C12H15N3S/c1-8-4-6-16-12(8)10-3-5-13-11-7-9(2)14-15(10)11/h4,6-7,10,13H,3,5H2,1-2H3. The summed E-state index contributed by atoms with van der Waals surface area (Å²) in [5.41, 5.74) is 2.47. The van der Waals surface area contributed by atoms with Gasteiger partial charge in [-0.05, 0) is 37.3 Å². The van der Waals surface area contributed by atoms with Crippen LogP contribution in [0.15, 0.2) is 17.5 Å². The van der Waals surface area contributed by atoms with Crippen molar-refractivity contribution in [2.24, 2.45) is 0 Å². The molecule has 0 aliphatic carbocycles. The van der Waals surface area contributed by atoms with Crippen LogP contribution in [0.25, 0.3) is 0 Å². The van der Waals surface area contributed by atoms with E-state index in [1.54, 1.807) is 0 Å². The molecule has 0 amide bonds. The van der Waals surface area contributed by atoms with Crippen molar-refractivity contribution in [3.05, 3.63) is 33.6 Å². The Morgan fingerprint density at radius 1 is 1.50 bits per heavy atom. The maximum atomic E-state index is 4.59. The van der Waals surface area contributed by atoms with Gasteiger partial charge in [-0.1, -0.05) is 0 Å². The largest absolute Gasteiger partial charge is 0.370 e. The highest BCUT2D eigenvalue weighted by Crippen LogP contribution is 2.34. The quantitative estimate of drug-likeness (QED) is 0.820. The second kappa shape index (κ2) is 3.63. The van der Waals surface area contributed by atoms with Crippen LogP contribution in [0.2, 0.25) is 0 Å². The van der Waals surface area contributed by atoms with E-state index in [1.807, 2.05) is 18.3 Å². The first kappa shape index (κ1) is 9.90. The second-order valence-corrected chi connectivity index (χ2v) is 5.26. The average Bonchev–Trinajstić information content (AvgIpc) is 2.82. The van der Waals surface area contributed by atoms with Crippen LogP contribution in [0.4, 0.5) is 5.82 Å². The minimum Gasteiger partial charge on any atom is -0.370 e. The molecule has 3 nitrogen and oxygen atoms in total. The highest BCUT2D eigenvalue weighted by atomic mass is 32.1. The van der Waals surface area contributed by atoms with E-state index in [0.29, 0.717) is 6.04 Å². The molecule has 0 radical (unpaired) electrons. The monoisotopic (exact) mass is 233 g/mol. The van der Waals surface area contributed by atoms with Crippen LogP contribution in [0.1, 0.15) is 28.6 Å². The van der Waals surface area contributed by atoms with Crippen molar-refractivity contribution >= 4 is 17.2 Å². The van der Waals surface area contributed by atoms with Gasteiger partial charge in [0.25, 0.3) is 0 Å². The lowest BCUT2D eigenvalue weighted by Gasteiger charge is -2.25. The van der Waals surface area contributed by atoms with Crippen molar-refractivity contribution in [2.75, 3.05) is 11.9 Å². The van der Waals surface area contributed by atoms with E-state index in [4.69, 9.17) is 0 Å². The fourth-order valence-corrected chi connectivity index (χ4v) is 3.36. The predicted octanol–water partition coefficient (Wildman–Crippen LogP) is 2.97. The lowest BCUT2D eigenvalue weighted by Crippen LogP contribution is -2.24. The molecule has 3 rings (SSSR count). The third-order valence-corrected chi connectivity index (χ3v) is 4.20. The molecule has 3 heterocycles. The van der Waals surface area contributed by atoms with E-state index >= 15 is 0 Å². The number of fused-ring (bicyclic) bond motifs is 1. The van der Waals surface area contributed by atoms with Gasteiger partial charge in [-0.25, -0.2) is 4.68 Å². The maximum Gasteiger partial charge on any atom is 0.125 e. The normalized spacial score (nSPS) is 19.2.